The van der Waals surface area contributed by atoms with Gasteiger partial charge in [0.05, 0.1) is 25.2 Å². The lowest BCUT2D eigenvalue weighted by molar-refractivity contribution is -0.188. The van der Waals surface area contributed by atoms with Crippen molar-refractivity contribution in [3.63, 3.8) is 0 Å². The summed E-state index contributed by atoms with van der Waals surface area (Å²) in [5, 5.41) is 0. The zero-order chi connectivity index (χ0) is 17.9. The lowest BCUT2D eigenvalue weighted by atomic mass is 9.81. The average molecular weight is 351 g/mol. The Morgan fingerprint density at radius 3 is 2.76 bits per heavy atom. The van der Waals surface area contributed by atoms with Crippen LogP contribution in [0.4, 0.5) is 4.39 Å². The number of likely N-dealkylation sites (tertiary alicyclic amines) is 1. The number of ether oxygens (including phenoxy) is 3. The lowest BCUT2D eigenvalue weighted by Crippen LogP contribution is -2.56. The van der Waals surface area contributed by atoms with Crippen molar-refractivity contribution in [2.45, 2.75) is 43.8 Å². The van der Waals surface area contributed by atoms with Crippen LogP contribution in [0.25, 0.3) is 0 Å². The molecule has 5 nitrogen and oxygen atoms in total. The number of hydrogen-bond donors (Lipinski definition) is 0. The molecular weight excluding hydrogens is 325 g/mol. The minimum atomic E-state index is -0.441. The van der Waals surface area contributed by atoms with Gasteiger partial charge >= 0.3 is 0 Å². The fraction of sp³-hybridized carbons (Fsp3) is 0.632. The first-order chi connectivity index (χ1) is 12.1. The standard InChI is InChI=1S/C19H26FNO4/c1-23-16-6-5-14(12-15(16)20)13-18(22)21-9-7-19(8-10-21)17(24-2)4-3-11-25-19/h5-6,12,17H,3-4,7-11,13H2,1-2H3. The Morgan fingerprint density at radius 2 is 2.12 bits per heavy atom. The zero-order valence-electron chi connectivity index (χ0n) is 14.9. The molecule has 2 aliphatic heterocycles. The fourth-order valence-corrected chi connectivity index (χ4v) is 3.94. The molecule has 2 saturated heterocycles. The van der Waals surface area contributed by atoms with Crippen molar-refractivity contribution in [1.82, 2.24) is 4.90 Å². The molecule has 138 valence electrons. The predicted molar refractivity (Wildman–Crippen MR) is 91.2 cm³/mol. The van der Waals surface area contributed by atoms with E-state index in [0.29, 0.717) is 18.7 Å². The first-order valence-electron chi connectivity index (χ1n) is 8.85. The van der Waals surface area contributed by atoms with Crippen molar-refractivity contribution in [3.8, 4) is 5.75 Å². The SMILES string of the molecule is COc1ccc(CC(=O)N2CCC3(CC2)OCCCC3OC)cc1F. The molecule has 1 aromatic carbocycles. The van der Waals surface area contributed by atoms with E-state index in [1.54, 1.807) is 19.2 Å². The Balaban J connectivity index is 1.59. The van der Waals surface area contributed by atoms with Crippen molar-refractivity contribution in [2.24, 2.45) is 0 Å². The van der Waals surface area contributed by atoms with Gasteiger partial charge in [-0.05, 0) is 43.4 Å². The maximum Gasteiger partial charge on any atom is 0.226 e. The number of carbonyl (C=O) groups is 1. The number of nitrogens with zero attached hydrogens (tertiary/aromatic N) is 1. The molecule has 2 fully saturated rings. The number of carbonyl (C=O) groups excluding carboxylic acids is 1. The molecule has 0 N–H and O–H groups in total. The Hall–Kier alpha value is -1.66. The molecule has 1 aromatic rings. The lowest BCUT2D eigenvalue weighted by Gasteiger charge is -2.48. The molecule has 2 heterocycles. The molecule has 3 rings (SSSR count). The van der Waals surface area contributed by atoms with Crippen LogP contribution in [-0.4, -0.2) is 56.4 Å². The highest BCUT2D eigenvalue weighted by molar-refractivity contribution is 5.79. The van der Waals surface area contributed by atoms with Gasteiger partial charge in [0, 0.05) is 26.8 Å². The summed E-state index contributed by atoms with van der Waals surface area (Å²) < 4.78 is 30.4. The summed E-state index contributed by atoms with van der Waals surface area (Å²) in [5.74, 6) is -0.232. The van der Waals surface area contributed by atoms with Gasteiger partial charge in [0.2, 0.25) is 5.91 Å². The van der Waals surface area contributed by atoms with Gasteiger partial charge in [-0.25, -0.2) is 4.39 Å². The molecular formula is C19H26FNO4. The number of rotatable bonds is 4. The molecule has 6 heteroatoms. The van der Waals surface area contributed by atoms with Gasteiger partial charge < -0.3 is 19.1 Å². The third kappa shape index (κ3) is 3.80. The summed E-state index contributed by atoms with van der Waals surface area (Å²) in [6.07, 6.45) is 3.90. The third-order valence-electron chi connectivity index (χ3n) is 5.41. The summed E-state index contributed by atoms with van der Waals surface area (Å²) in [4.78, 5) is 14.4. The van der Waals surface area contributed by atoms with Gasteiger partial charge in [0.1, 0.15) is 0 Å². The normalized spacial score (nSPS) is 22.8. The second-order valence-corrected chi connectivity index (χ2v) is 6.81. The highest BCUT2D eigenvalue weighted by Gasteiger charge is 2.45. The van der Waals surface area contributed by atoms with Crippen LogP contribution >= 0.6 is 0 Å². The Labute approximate surface area is 148 Å². The van der Waals surface area contributed by atoms with Gasteiger partial charge in [0.15, 0.2) is 11.6 Å². The molecule has 0 radical (unpaired) electrons. The smallest absolute Gasteiger partial charge is 0.226 e. The van der Waals surface area contributed by atoms with Gasteiger partial charge in [-0.1, -0.05) is 6.07 Å². The number of benzene rings is 1. The van der Waals surface area contributed by atoms with Crippen LogP contribution in [0.15, 0.2) is 18.2 Å². The van der Waals surface area contributed by atoms with Gasteiger partial charge in [-0.2, -0.15) is 0 Å². The first kappa shape index (κ1) is 18.1. The van der Waals surface area contributed by atoms with Gasteiger partial charge in [-0.3, -0.25) is 4.79 Å². The molecule has 1 amide bonds. The van der Waals surface area contributed by atoms with E-state index in [1.165, 1.54) is 13.2 Å². The van der Waals surface area contributed by atoms with Crippen molar-refractivity contribution >= 4 is 5.91 Å². The van der Waals surface area contributed by atoms with Crippen molar-refractivity contribution in [1.29, 1.82) is 0 Å². The molecule has 1 spiro atoms. The number of halogens is 1. The maximum absolute atomic E-state index is 13.8. The van der Waals surface area contributed by atoms with Gasteiger partial charge in [-0.15, -0.1) is 0 Å². The second kappa shape index (κ2) is 7.70. The van der Waals surface area contributed by atoms with Crippen LogP contribution in [0.1, 0.15) is 31.2 Å². The summed E-state index contributed by atoms with van der Waals surface area (Å²) in [6.45, 7) is 2.06. The number of piperidine rings is 1. The molecule has 0 bridgehead atoms. The summed E-state index contributed by atoms with van der Waals surface area (Å²) in [6, 6.07) is 4.66. The largest absolute Gasteiger partial charge is 0.494 e. The van der Waals surface area contributed by atoms with E-state index in [0.717, 1.165) is 32.3 Å². The van der Waals surface area contributed by atoms with E-state index in [9.17, 15) is 9.18 Å². The van der Waals surface area contributed by atoms with Crippen LogP contribution in [0.2, 0.25) is 0 Å². The van der Waals surface area contributed by atoms with Crippen LogP contribution in [-0.2, 0) is 20.7 Å². The van der Waals surface area contributed by atoms with E-state index in [4.69, 9.17) is 14.2 Å². The van der Waals surface area contributed by atoms with E-state index < -0.39 is 5.82 Å². The van der Waals surface area contributed by atoms with E-state index in [2.05, 4.69) is 0 Å². The highest BCUT2D eigenvalue weighted by atomic mass is 19.1. The monoisotopic (exact) mass is 351 g/mol. The fourth-order valence-electron chi connectivity index (χ4n) is 3.94. The molecule has 2 aliphatic rings. The van der Waals surface area contributed by atoms with Crippen LogP contribution < -0.4 is 4.74 Å². The van der Waals surface area contributed by atoms with E-state index in [1.807, 2.05) is 4.90 Å². The van der Waals surface area contributed by atoms with Crippen LogP contribution in [0, 0.1) is 5.82 Å². The third-order valence-corrected chi connectivity index (χ3v) is 5.41. The molecule has 1 unspecified atom stereocenters. The number of methoxy groups -OCH3 is 2. The molecule has 25 heavy (non-hydrogen) atoms. The Morgan fingerprint density at radius 1 is 1.36 bits per heavy atom. The van der Waals surface area contributed by atoms with Crippen molar-refractivity contribution < 1.29 is 23.4 Å². The van der Waals surface area contributed by atoms with E-state index >= 15 is 0 Å². The minimum Gasteiger partial charge on any atom is -0.494 e. The summed E-state index contributed by atoms with van der Waals surface area (Å²) in [5.41, 5.74) is 0.406. The van der Waals surface area contributed by atoms with Crippen molar-refractivity contribution in [2.75, 3.05) is 33.9 Å². The predicted octanol–water partition coefficient (Wildman–Crippen LogP) is 2.56. The first-order valence-corrected chi connectivity index (χ1v) is 8.85. The molecule has 0 aliphatic carbocycles. The Kier molecular flexibility index (Phi) is 5.59. The van der Waals surface area contributed by atoms with E-state index in [-0.39, 0.29) is 29.8 Å². The van der Waals surface area contributed by atoms with Crippen LogP contribution in [0.3, 0.4) is 0 Å². The highest BCUT2D eigenvalue weighted by Crippen LogP contribution is 2.36. The number of hydrogen-bond acceptors (Lipinski definition) is 4. The van der Waals surface area contributed by atoms with Crippen molar-refractivity contribution in [3.05, 3.63) is 29.6 Å². The number of amides is 1. The Bertz CT molecular complexity index is 613. The van der Waals surface area contributed by atoms with Crippen LogP contribution in [0.5, 0.6) is 5.75 Å². The quantitative estimate of drug-likeness (QED) is 0.837. The van der Waals surface area contributed by atoms with Gasteiger partial charge in [0.25, 0.3) is 0 Å². The molecule has 0 saturated carbocycles. The molecule has 1 atom stereocenters. The second-order valence-electron chi connectivity index (χ2n) is 6.81. The maximum atomic E-state index is 13.8. The average Bonchev–Trinajstić information content (AvgIpc) is 2.63. The molecule has 0 aromatic heterocycles. The minimum absolute atomic E-state index is 0.0178. The topological polar surface area (TPSA) is 48.0 Å². The summed E-state index contributed by atoms with van der Waals surface area (Å²) >= 11 is 0. The summed E-state index contributed by atoms with van der Waals surface area (Å²) in [7, 11) is 3.16. The zero-order valence-corrected chi connectivity index (χ0v) is 14.9.